The van der Waals surface area contributed by atoms with Gasteiger partial charge in [-0.1, -0.05) is 239 Å². The van der Waals surface area contributed by atoms with E-state index in [9.17, 15) is 19.8 Å². The van der Waals surface area contributed by atoms with Gasteiger partial charge in [0.25, 0.3) is 0 Å². The van der Waals surface area contributed by atoms with Crippen LogP contribution in [0.4, 0.5) is 0 Å². The van der Waals surface area contributed by atoms with Crippen LogP contribution >= 0.6 is 0 Å². The molecule has 0 aromatic carbocycles. The smallest absolute Gasteiger partial charge is 0.306 e. The summed E-state index contributed by atoms with van der Waals surface area (Å²) >= 11 is 0. The molecule has 0 aromatic heterocycles. The molecule has 0 spiro atoms. The molecule has 0 rings (SSSR count). The Kier molecular flexibility index (Phi) is 44.4. The maximum atomic E-state index is 13.2. The normalized spacial score (nSPS) is 14.4. The first-order valence-corrected chi connectivity index (χ1v) is 24.4. The third-order valence-corrected chi connectivity index (χ3v) is 10.3. The second-order valence-corrected chi connectivity index (χ2v) is 16.0. The van der Waals surface area contributed by atoms with E-state index in [4.69, 9.17) is 4.74 Å². The highest BCUT2D eigenvalue weighted by atomic mass is 16.5. The van der Waals surface area contributed by atoms with E-state index in [0.29, 0.717) is 19.3 Å². The van der Waals surface area contributed by atoms with Crippen molar-refractivity contribution in [3.05, 3.63) is 122 Å². The second kappa shape index (κ2) is 47.3. The molecule has 0 saturated carbocycles. The maximum absolute atomic E-state index is 13.2. The number of amides is 1. The van der Waals surface area contributed by atoms with Gasteiger partial charge in [-0.2, -0.15) is 0 Å². The van der Waals surface area contributed by atoms with Gasteiger partial charge in [0.2, 0.25) is 5.91 Å². The van der Waals surface area contributed by atoms with E-state index in [1.165, 1.54) is 70.6 Å². The number of allylic oxidation sites excluding steroid dienone is 20. The number of rotatable bonds is 41. The lowest BCUT2D eigenvalue weighted by atomic mass is 10.0. The summed E-state index contributed by atoms with van der Waals surface area (Å²) in [5.41, 5.74) is 0. The van der Waals surface area contributed by atoms with Gasteiger partial charge in [-0.05, 0) is 57.8 Å². The Morgan fingerprint density at radius 2 is 0.902 bits per heavy atom. The number of carbonyl (C=O) groups excluding carboxylic acids is 2. The van der Waals surface area contributed by atoms with Crippen molar-refractivity contribution in [3.8, 4) is 0 Å². The Hall–Kier alpha value is -3.74. The van der Waals surface area contributed by atoms with Gasteiger partial charge in [0.05, 0.1) is 25.2 Å². The van der Waals surface area contributed by atoms with E-state index in [0.717, 1.165) is 70.6 Å². The Balaban J connectivity index is 4.79. The van der Waals surface area contributed by atoms with Gasteiger partial charge < -0.3 is 20.3 Å². The van der Waals surface area contributed by atoms with Crippen LogP contribution < -0.4 is 5.32 Å². The fourth-order valence-electron chi connectivity index (χ4n) is 6.65. The monoisotopic (exact) mass is 844 g/mol. The average Bonchev–Trinajstić information content (AvgIpc) is 3.25. The SMILES string of the molecule is CC/C=C/C=C/C=C\C=C/C=C/CCCCCC(=O)OC(CCC/C=C/C=C\C=C/C=C/C=C/CC)CC(=O)NC(CO)C(O)CCCCCCCCCCCCCCCC. The minimum atomic E-state index is -0.822. The number of carbonyl (C=O) groups is 2. The molecule has 3 unspecified atom stereocenters. The van der Waals surface area contributed by atoms with Gasteiger partial charge in [-0.3, -0.25) is 9.59 Å². The molecule has 0 aliphatic rings. The molecule has 6 heteroatoms. The van der Waals surface area contributed by atoms with Crippen molar-refractivity contribution < 1.29 is 24.5 Å². The molecule has 0 aliphatic heterocycles. The van der Waals surface area contributed by atoms with Crippen LogP contribution in [0.25, 0.3) is 0 Å². The predicted octanol–water partition coefficient (Wildman–Crippen LogP) is 14.5. The average molecular weight is 844 g/mol. The molecule has 3 atom stereocenters. The lowest BCUT2D eigenvalue weighted by Gasteiger charge is -2.24. The van der Waals surface area contributed by atoms with Crippen LogP contribution in [0.1, 0.15) is 188 Å². The second-order valence-electron chi connectivity index (χ2n) is 16.0. The molecule has 3 N–H and O–H groups in total. The summed E-state index contributed by atoms with van der Waals surface area (Å²) < 4.78 is 5.86. The van der Waals surface area contributed by atoms with Crippen molar-refractivity contribution >= 4 is 11.9 Å². The van der Waals surface area contributed by atoms with Gasteiger partial charge >= 0.3 is 5.97 Å². The van der Waals surface area contributed by atoms with Gasteiger partial charge in [-0.15, -0.1) is 0 Å². The number of hydrogen-bond acceptors (Lipinski definition) is 5. The fraction of sp³-hybridized carbons (Fsp3) is 0.600. The molecule has 0 fully saturated rings. The zero-order valence-corrected chi connectivity index (χ0v) is 39.0. The third-order valence-electron chi connectivity index (χ3n) is 10.3. The lowest BCUT2D eigenvalue weighted by Crippen LogP contribution is -2.46. The number of esters is 1. The van der Waals surface area contributed by atoms with Crippen LogP contribution in [-0.2, 0) is 14.3 Å². The molecular formula is C55H89NO5. The summed E-state index contributed by atoms with van der Waals surface area (Å²) in [5, 5.41) is 23.7. The minimum absolute atomic E-state index is 0.00286. The number of aliphatic hydroxyl groups excluding tert-OH is 2. The molecule has 0 heterocycles. The molecule has 344 valence electrons. The summed E-state index contributed by atoms with van der Waals surface area (Å²) in [6.45, 7) is 6.15. The largest absolute Gasteiger partial charge is 0.462 e. The highest BCUT2D eigenvalue weighted by Crippen LogP contribution is 2.16. The number of ether oxygens (including phenoxy) is 1. The van der Waals surface area contributed by atoms with Gasteiger partial charge in [-0.25, -0.2) is 0 Å². The van der Waals surface area contributed by atoms with Crippen molar-refractivity contribution in [1.82, 2.24) is 5.32 Å². The zero-order chi connectivity index (χ0) is 44.5. The number of unbranched alkanes of at least 4 members (excludes halogenated alkanes) is 17. The van der Waals surface area contributed by atoms with Crippen LogP contribution in [0.2, 0.25) is 0 Å². The van der Waals surface area contributed by atoms with Crippen LogP contribution in [0.15, 0.2) is 122 Å². The van der Waals surface area contributed by atoms with Crippen molar-refractivity contribution in [2.45, 2.75) is 206 Å². The first-order valence-electron chi connectivity index (χ1n) is 24.4. The molecule has 6 nitrogen and oxygen atoms in total. The summed E-state index contributed by atoms with van der Waals surface area (Å²) in [7, 11) is 0. The summed E-state index contributed by atoms with van der Waals surface area (Å²) in [5.74, 6) is -0.610. The summed E-state index contributed by atoms with van der Waals surface area (Å²) in [6.07, 6.45) is 65.4. The summed E-state index contributed by atoms with van der Waals surface area (Å²) in [4.78, 5) is 26.1. The van der Waals surface area contributed by atoms with E-state index >= 15 is 0 Å². The van der Waals surface area contributed by atoms with E-state index in [2.05, 4.69) is 50.4 Å². The molecular weight excluding hydrogens is 755 g/mol. The van der Waals surface area contributed by atoms with Crippen LogP contribution in [0.3, 0.4) is 0 Å². The Morgan fingerprint density at radius 3 is 1.36 bits per heavy atom. The van der Waals surface area contributed by atoms with Gasteiger partial charge in [0.1, 0.15) is 6.10 Å². The zero-order valence-electron chi connectivity index (χ0n) is 39.0. The first kappa shape index (κ1) is 57.3. The number of nitrogens with one attached hydrogen (secondary N) is 1. The Labute approximate surface area is 374 Å². The minimum Gasteiger partial charge on any atom is -0.462 e. The lowest BCUT2D eigenvalue weighted by molar-refractivity contribution is -0.151. The van der Waals surface area contributed by atoms with Crippen molar-refractivity contribution in [2.75, 3.05) is 6.61 Å². The maximum Gasteiger partial charge on any atom is 0.306 e. The Bertz CT molecular complexity index is 1310. The van der Waals surface area contributed by atoms with Crippen molar-refractivity contribution in [2.24, 2.45) is 0 Å². The van der Waals surface area contributed by atoms with Gasteiger partial charge in [0.15, 0.2) is 0 Å². The summed E-state index contributed by atoms with van der Waals surface area (Å²) in [6, 6.07) is -0.742. The standard InChI is InChI=1S/C55H89NO5/c1-4-7-10-13-16-19-22-25-27-30-33-36-39-42-45-48-55(60)61-51(46-43-40-37-34-31-28-24-21-18-15-12-9-6-3)49-54(59)56-52(50-57)53(58)47-44-41-38-35-32-29-26-23-20-17-14-11-8-5-2/h7,9-10,12-13,15-16,18-19,21-22,24-25,27-28,30-31,33-34,37,51-53,57-58H,4-6,8,11,14,17,20,23,26,29,32,35-36,38-50H2,1-3H3,(H,56,59)/b10-7+,12-9+,16-13+,18-15+,22-19-,24-21-,27-25-,31-28-,33-30+,37-34+. The third kappa shape index (κ3) is 42.7. The molecule has 0 radical (unpaired) electrons. The molecule has 1 amide bonds. The highest BCUT2D eigenvalue weighted by Gasteiger charge is 2.24. The molecule has 0 aromatic rings. The van der Waals surface area contributed by atoms with E-state index in [-0.39, 0.29) is 24.9 Å². The molecule has 0 bridgehead atoms. The molecule has 0 saturated heterocycles. The van der Waals surface area contributed by atoms with Crippen molar-refractivity contribution in [3.63, 3.8) is 0 Å². The fourth-order valence-corrected chi connectivity index (χ4v) is 6.65. The van der Waals surface area contributed by atoms with Crippen LogP contribution in [-0.4, -0.2) is 46.9 Å². The predicted molar refractivity (Wildman–Crippen MR) is 263 cm³/mol. The van der Waals surface area contributed by atoms with E-state index in [1.807, 2.05) is 97.2 Å². The molecule has 0 aliphatic carbocycles. The van der Waals surface area contributed by atoms with E-state index < -0.39 is 18.2 Å². The van der Waals surface area contributed by atoms with Crippen LogP contribution in [0.5, 0.6) is 0 Å². The van der Waals surface area contributed by atoms with Gasteiger partial charge in [0, 0.05) is 6.42 Å². The molecule has 61 heavy (non-hydrogen) atoms. The first-order chi connectivity index (χ1) is 30.0. The van der Waals surface area contributed by atoms with Crippen LogP contribution in [0, 0.1) is 0 Å². The topological polar surface area (TPSA) is 95.9 Å². The Morgan fingerprint density at radius 1 is 0.492 bits per heavy atom. The van der Waals surface area contributed by atoms with Crippen molar-refractivity contribution in [1.29, 1.82) is 0 Å². The number of hydrogen-bond donors (Lipinski definition) is 3. The van der Waals surface area contributed by atoms with E-state index in [1.54, 1.807) is 0 Å². The number of aliphatic hydroxyl groups is 2. The quantitative estimate of drug-likeness (QED) is 0.0324. The highest BCUT2D eigenvalue weighted by molar-refractivity contribution is 5.77.